The average molecular weight is 363 g/mol. The fourth-order valence-corrected chi connectivity index (χ4v) is 2.33. The van der Waals surface area contributed by atoms with Crippen LogP contribution in [0.5, 0.6) is 5.75 Å². The van der Waals surface area contributed by atoms with Gasteiger partial charge in [-0.25, -0.2) is 8.78 Å². The molecule has 0 aliphatic carbocycles. The molecule has 6 heteroatoms. The Morgan fingerprint density at radius 1 is 1.20 bits per heavy atom. The summed E-state index contributed by atoms with van der Waals surface area (Å²) in [6.45, 7) is 0.692. The number of hydrogen-bond acceptors (Lipinski definition) is 2. The van der Waals surface area contributed by atoms with Gasteiger partial charge in [0.15, 0.2) is 11.6 Å². The van der Waals surface area contributed by atoms with Crippen molar-refractivity contribution >= 4 is 33.2 Å². The van der Waals surface area contributed by atoms with Gasteiger partial charge in [0.05, 0.1) is 4.47 Å². The van der Waals surface area contributed by atoms with Crippen LogP contribution in [0.4, 0.5) is 14.5 Å². The summed E-state index contributed by atoms with van der Waals surface area (Å²) in [6, 6.07) is 9.17. The summed E-state index contributed by atoms with van der Waals surface area (Å²) in [5.41, 5.74) is 0.847. The van der Waals surface area contributed by atoms with Gasteiger partial charge in [-0.3, -0.25) is 0 Å². The van der Waals surface area contributed by atoms with Gasteiger partial charge in [-0.15, -0.1) is 0 Å². The zero-order chi connectivity index (χ0) is 14.5. The lowest BCUT2D eigenvalue weighted by Gasteiger charge is -2.11. The van der Waals surface area contributed by atoms with Crippen molar-refractivity contribution in [3.63, 3.8) is 0 Å². The highest BCUT2D eigenvalue weighted by Crippen LogP contribution is 2.29. The molecule has 0 aromatic heterocycles. The van der Waals surface area contributed by atoms with Crippen molar-refractivity contribution in [2.24, 2.45) is 0 Å². The van der Waals surface area contributed by atoms with E-state index < -0.39 is 11.6 Å². The smallest absolute Gasteiger partial charge is 0.169 e. The Bertz CT molecular complexity index is 586. The molecule has 2 aromatic rings. The van der Waals surface area contributed by atoms with Crippen molar-refractivity contribution in [3.05, 3.63) is 57.5 Å². The first-order valence-electron chi connectivity index (χ1n) is 5.83. The highest BCUT2D eigenvalue weighted by Gasteiger charge is 2.10. The molecule has 2 rings (SSSR count). The molecule has 20 heavy (non-hydrogen) atoms. The summed E-state index contributed by atoms with van der Waals surface area (Å²) < 4.78 is 31.9. The Kier molecular flexibility index (Phi) is 5.20. The SMILES string of the molecule is Fc1cc(F)c(OCCNc2cccc(Cl)c2)c(Br)c1. The summed E-state index contributed by atoms with van der Waals surface area (Å²) in [4.78, 5) is 0. The van der Waals surface area contributed by atoms with E-state index in [-0.39, 0.29) is 16.8 Å². The zero-order valence-electron chi connectivity index (χ0n) is 10.3. The topological polar surface area (TPSA) is 21.3 Å². The Hall–Kier alpha value is -1.33. The summed E-state index contributed by atoms with van der Waals surface area (Å²) >= 11 is 8.91. The van der Waals surface area contributed by atoms with Crippen LogP contribution in [0.25, 0.3) is 0 Å². The van der Waals surface area contributed by atoms with E-state index in [1.165, 1.54) is 0 Å². The Labute approximate surface area is 128 Å². The van der Waals surface area contributed by atoms with Crippen molar-refractivity contribution in [1.29, 1.82) is 0 Å². The maximum absolute atomic E-state index is 13.5. The Morgan fingerprint density at radius 2 is 2.00 bits per heavy atom. The minimum Gasteiger partial charge on any atom is -0.487 e. The van der Waals surface area contributed by atoms with Crippen molar-refractivity contribution in [2.75, 3.05) is 18.5 Å². The van der Waals surface area contributed by atoms with E-state index in [1.807, 2.05) is 12.1 Å². The van der Waals surface area contributed by atoms with Crippen LogP contribution in [-0.2, 0) is 0 Å². The molecule has 0 atom stereocenters. The predicted molar refractivity (Wildman–Crippen MR) is 79.5 cm³/mol. The van der Waals surface area contributed by atoms with Crippen LogP contribution in [0.2, 0.25) is 5.02 Å². The maximum Gasteiger partial charge on any atom is 0.169 e. The molecule has 2 aromatic carbocycles. The molecule has 106 valence electrons. The lowest BCUT2D eigenvalue weighted by molar-refractivity contribution is 0.311. The predicted octanol–water partition coefficient (Wildman–Crippen LogP) is 4.87. The van der Waals surface area contributed by atoms with E-state index in [0.29, 0.717) is 11.6 Å². The van der Waals surface area contributed by atoms with Crippen LogP contribution < -0.4 is 10.1 Å². The van der Waals surface area contributed by atoms with Crippen LogP contribution in [0.15, 0.2) is 40.9 Å². The Balaban J connectivity index is 1.88. The first kappa shape index (κ1) is 15.1. The van der Waals surface area contributed by atoms with E-state index in [0.717, 1.165) is 17.8 Å². The molecular formula is C14H11BrClF2NO. The number of rotatable bonds is 5. The largest absolute Gasteiger partial charge is 0.487 e. The highest BCUT2D eigenvalue weighted by molar-refractivity contribution is 9.10. The second-order valence-electron chi connectivity index (χ2n) is 3.98. The molecule has 0 bridgehead atoms. The van der Waals surface area contributed by atoms with Gasteiger partial charge >= 0.3 is 0 Å². The minimum atomic E-state index is -0.736. The molecule has 0 aliphatic rings. The first-order chi connectivity index (χ1) is 9.56. The molecule has 0 amide bonds. The molecular weight excluding hydrogens is 352 g/mol. The fraction of sp³-hybridized carbons (Fsp3) is 0.143. The monoisotopic (exact) mass is 361 g/mol. The molecule has 1 N–H and O–H groups in total. The number of ether oxygens (including phenoxy) is 1. The molecule has 2 nitrogen and oxygen atoms in total. The van der Waals surface area contributed by atoms with Gasteiger partial charge in [0, 0.05) is 23.3 Å². The van der Waals surface area contributed by atoms with Gasteiger partial charge in [-0.05, 0) is 40.2 Å². The highest BCUT2D eigenvalue weighted by atomic mass is 79.9. The van der Waals surface area contributed by atoms with E-state index in [1.54, 1.807) is 12.1 Å². The number of nitrogens with one attached hydrogen (secondary N) is 1. The lowest BCUT2D eigenvalue weighted by atomic mass is 10.3. The molecule has 0 unspecified atom stereocenters. The van der Waals surface area contributed by atoms with Crippen LogP contribution in [0.3, 0.4) is 0 Å². The molecule has 0 saturated heterocycles. The minimum absolute atomic E-state index is 0.000654. The number of benzene rings is 2. The third-order valence-corrected chi connectivity index (χ3v) is 3.29. The van der Waals surface area contributed by atoms with Crippen LogP contribution in [0, 0.1) is 11.6 Å². The second kappa shape index (κ2) is 6.90. The molecule has 0 heterocycles. The van der Waals surface area contributed by atoms with Gasteiger partial charge in [0.2, 0.25) is 0 Å². The molecule has 0 fully saturated rings. The normalized spacial score (nSPS) is 10.4. The molecule has 0 radical (unpaired) electrons. The van der Waals surface area contributed by atoms with Gasteiger partial charge in [-0.2, -0.15) is 0 Å². The number of halogens is 4. The lowest BCUT2D eigenvalue weighted by Crippen LogP contribution is -2.12. The van der Waals surface area contributed by atoms with Gasteiger partial charge in [-0.1, -0.05) is 17.7 Å². The average Bonchev–Trinajstić information content (AvgIpc) is 2.36. The quantitative estimate of drug-likeness (QED) is 0.766. The molecule has 0 aliphatic heterocycles. The van der Waals surface area contributed by atoms with Crippen molar-refractivity contribution in [2.45, 2.75) is 0 Å². The summed E-state index contributed by atoms with van der Waals surface area (Å²) in [5.74, 6) is -1.39. The summed E-state index contributed by atoms with van der Waals surface area (Å²) in [7, 11) is 0. The fourth-order valence-electron chi connectivity index (χ4n) is 1.61. The third-order valence-electron chi connectivity index (χ3n) is 2.47. The first-order valence-corrected chi connectivity index (χ1v) is 7.00. The van der Waals surface area contributed by atoms with E-state index in [9.17, 15) is 8.78 Å². The number of anilines is 1. The van der Waals surface area contributed by atoms with Crippen molar-refractivity contribution in [1.82, 2.24) is 0 Å². The van der Waals surface area contributed by atoms with Gasteiger partial charge in [0.25, 0.3) is 0 Å². The standard InChI is InChI=1S/C14H11BrClF2NO/c15-12-7-10(17)8-13(18)14(12)20-5-4-19-11-3-1-2-9(16)6-11/h1-3,6-8,19H,4-5H2. The summed E-state index contributed by atoms with van der Waals surface area (Å²) in [6.07, 6.45) is 0. The van der Waals surface area contributed by atoms with Crippen molar-refractivity contribution in [3.8, 4) is 5.75 Å². The van der Waals surface area contributed by atoms with E-state index >= 15 is 0 Å². The van der Waals surface area contributed by atoms with Gasteiger partial charge < -0.3 is 10.1 Å². The third kappa shape index (κ3) is 4.08. The molecule has 0 saturated carbocycles. The summed E-state index contributed by atoms with van der Waals surface area (Å²) in [5, 5.41) is 3.71. The Morgan fingerprint density at radius 3 is 2.70 bits per heavy atom. The van der Waals surface area contributed by atoms with Gasteiger partial charge in [0.1, 0.15) is 12.4 Å². The molecule has 0 spiro atoms. The van der Waals surface area contributed by atoms with Crippen molar-refractivity contribution < 1.29 is 13.5 Å². The second-order valence-corrected chi connectivity index (χ2v) is 5.27. The van der Waals surface area contributed by atoms with Crippen LogP contribution >= 0.6 is 27.5 Å². The van der Waals surface area contributed by atoms with Crippen LogP contribution in [0.1, 0.15) is 0 Å². The van der Waals surface area contributed by atoms with E-state index in [2.05, 4.69) is 21.2 Å². The zero-order valence-corrected chi connectivity index (χ0v) is 12.6. The van der Waals surface area contributed by atoms with Crippen LogP contribution in [-0.4, -0.2) is 13.2 Å². The number of hydrogen-bond donors (Lipinski definition) is 1. The maximum atomic E-state index is 13.5. The van der Waals surface area contributed by atoms with E-state index in [4.69, 9.17) is 16.3 Å².